The molecule has 6 heteroatoms. The smallest absolute Gasteiger partial charge is 0.274 e. The number of amides is 1. The summed E-state index contributed by atoms with van der Waals surface area (Å²) in [4.78, 5) is 14.2. The summed E-state index contributed by atoms with van der Waals surface area (Å²) in [5.41, 5.74) is 7.63. The second kappa shape index (κ2) is 4.97. The third-order valence-electron chi connectivity index (χ3n) is 3.55. The van der Waals surface area contributed by atoms with Gasteiger partial charge in [0.05, 0.1) is 24.0 Å². The van der Waals surface area contributed by atoms with Gasteiger partial charge in [0, 0.05) is 13.6 Å². The van der Waals surface area contributed by atoms with Gasteiger partial charge in [-0.1, -0.05) is 6.92 Å². The molecule has 0 aliphatic carbocycles. The van der Waals surface area contributed by atoms with Gasteiger partial charge in [-0.25, -0.2) is 0 Å². The monoisotopic (exact) mass is 252 g/mol. The van der Waals surface area contributed by atoms with Crippen molar-refractivity contribution < 1.29 is 9.90 Å². The predicted octanol–water partition coefficient (Wildman–Crippen LogP) is 0.162. The quantitative estimate of drug-likeness (QED) is 0.802. The number of nitrogen functional groups attached to an aromatic ring is 1. The van der Waals surface area contributed by atoms with E-state index in [-0.39, 0.29) is 18.6 Å². The molecule has 1 fully saturated rings. The molecular weight excluding hydrogens is 232 g/mol. The molecule has 6 nitrogen and oxygen atoms in total. The third kappa shape index (κ3) is 1.96. The molecule has 3 N–H and O–H groups in total. The lowest BCUT2D eigenvalue weighted by Gasteiger charge is -2.23. The second-order valence-corrected chi connectivity index (χ2v) is 4.66. The van der Waals surface area contributed by atoms with Crippen molar-refractivity contribution in [2.45, 2.75) is 32.2 Å². The van der Waals surface area contributed by atoms with Crippen molar-refractivity contribution in [3.63, 3.8) is 0 Å². The molecule has 2 rings (SSSR count). The molecule has 100 valence electrons. The second-order valence-electron chi connectivity index (χ2n) is 4.66. The number of hydrogen-bond acceptors (Lipinski definition) is 4. The summed E-state index contributed by atoms with van der Waals surface area (Å²) in [7, 11) is 1.73. The first-order valence-electron chi connectivity index (χ1n) is 6.33. The maximum atomic E-state index is 12.5. The number of carbonyl (C=O) groups is 1. The third-order valence-corrected chi connectivity index (χ3v) is 3.55. The standard InChI is InChI=1S/C12H20N4O2/c1-3-9-10(13)11(15(2)14-9)12(18)16-6-4-5-8(16)7-17/h8,17H,3-7,13H2,1-2H3/t8-/m1/s1. The van der Waals surface area contributed by atoms with Gasteiger partial charge in [0.15, 0.2) is 0 Å². The number of aliphatic hydroxyl groups is 1. The molecule has 1 aromatic rings. The summed E-state index contributed by atoms with van der Waals surface area (Å²) in [5.74, 6) is -0.126. The average molecular weight is 252 g/mol. The first-order valence-corrected chi connectivity index (χ1v) is 6.33. The van der Waals surface area contributed by atoms with Crippen LogP contribution >= 0.6 is 0 Å². The number of carbonyl (C=O) groups excluding carboxylic acids is 1. The molecule has 0 spiro atoms. The first-order chi connectivity index (χ1) is 8.60. The van der Waals surface area contributed by atoms with Crippen LogP contribution in [-0.2, 0) is 13.5 Å². The lowest BCUT2D eigenvalue weighted by Crippen LogP contribution is -2.38. The van der Waals surface area contributed by atoms with Crippen LogP contribution in [0.4, 0.5) is 5.69 Å². The molecule has 0 unspecified atom stereocenters. The van der Waals surface area contributed by atoms with Crippen LogP contribution in [0.5, 0.6) is 0 Å². The van der Waals surface area contributed by atoms with E-state index >= 15 is 0 Å². The van der Waals surface area contributed by atoms with Crippen molar-refractivity contribution in [3.05, 3.63) is 11.4 Å². The minimum atomic E-state index is -0.126. The van der Waals surface area contributed by atoms with Gasteiger partial charge in [-0.3, -0.25) is 9.48 Å². The summed E-state index contributed by atoms with van der Waals surface area (Å²) in [6.07, 6.45) is 2.48. The molecule has 1 saturated heterocycles. The van der Waals surface area contributed by atoms with E-state index in [1.807, 2.05) is 6.92 Å². The summed E-state index contributed by atoms with van der Waals surface area (Å²) >= 11 is 0. The number of aliphatic hydroxyl groups excluding tert-OH is 1. The Morgan fingerprint density at radius 3 is 2.89 bits per heavy atom. The zero-order valence-corrected chi connectivity index (χ0v) is 10.9. The molecule has 0 bridgehead atoms. The van der Waals surface area contributed by atoms with E-state index < -0.39 is 0 Å². The minimum Gasteiger partial charge on any atom is -0.395 e. The van der Waals surface area contributed by atoms with Crippen LogP contribution in [0.2, 0.25) is 0 Å². The van der Waals surface area contributed by atoms with Crippen LogP contribution in [0.1, 0.15) is 35.9 Å². The summed E-state index contributed by atoms with van der Waals surface area (Å²) in [5, 5.41) is 13.5. The largest absolute Gasteiger partial charge is 0.395 e. The van der Waals surface area contributed by atoms with Gasteiger partial charge < -0.3 is 15.7 Å². The van der Waals surface area contributed by atoms with Gasteiger partial charge in [-0.15, -0.1) is 0 Å². The predicted molar refractivity (Wildman–Crippen MR) is 68.1 cm³/mol. The molecule has 2 heterocycles. The molecule has 1 aliphatic heterocycles. The molecular formula is C12H20N4O2. The van der Waals surface area contributed by atoms with Crippen LogP contribution in [-0.4, -0.2) is 44.9 Å². The number of aromatic nitrogens is 2. The first kappa shape index (κ1) is 12.9. The fourth-order valence-electron chi connectivity index (χ4n) is 2.54. The minimum absolute atomic E-state index is 0.00410. The van der Waals surface area contributed by atoms with E-state index in [1.54, 1.807) is 16.6 Å². The Hall–Kier alpha value is -1.56. The van der Waals surface area contributed by atoms with Gasteiger partial charge in [0.2, 0.25) is 0 Å². The highest BCUT2D eigenvalue weighted by Crippen LogP contribution is 2.24. The Kier molecular flexibility index (Phi) is 3.56. The van der Waals surface area contributed by atoms with Crippen molar-refractivity contribution in [2.75, 3.05) is 18.9 Å². The van der Waals surface area contributed by atoms with E-state index in [0.29, 0.717) is 24.3 Å². The van der Waals surface area contributed by atoms with Crippen molar-refractivity contribution in [3.8, 4) is 0 Å². The molecule has 0 saturated carbocycles. The summed E-state index contributed by atoms with van der Waals surface area (Å²) < 4.78 is 1.54. The zero-order valence-electron chi connectivity index (χ0n) is 10.9. The van der Waals surface area contributed by atoms with Crippen LogP contribution < -0.4 is 5.73 Å². The number of nitrogens with two attached hydrogens (primary N) is 1. The van der Waals surface area contributed by atoms with Gasteiger partial charge in [-0.05, 0) is 19.3 Å². The molecule has 1 aliphatic rings. The van der Waals surface area contributed by atoms with Crippen LogP contribution in [0.25, 0.3) is 0 Å². The number of hydrogen-bond donors (Lipinski definition) is 2. The number of nitrogens with zero attached hydrogens (tertiary/aromatic N) is 3. The molecule has 1 amide bonds. The molecule has 0 aromatic carbocycles. The average Bonchev–Trinajstić information content (AvgIpc) is 2.93. The topological polar surface area (TPSA) is 84.4 Å². The highest BCUT2D eigenvalue weighted by molar-refractivity contribution is 5.98. The summed E-state index contributed by atoms with van der Waals surface area (Å²) in [6.45, 7) is 2.64. The van der Waals surface area contributed by atoms with Crippen LogP contribution in [0.15, 0.2) is 0 Å². The van der Waals surface area contributed by atoms with Gasteiger partial charge in [-0.2, -0.15) is 5.10 Å². The maximum Gasteiger partial charge on any atom is 0.274 e. The van der Waals surface area contributed by atoms with Gasteiger partial charge in [0.1, 0.15) is 5.69 Å². The fraction of sp³-hybridized carbons (Fsp3) is 0.667. The highest BCUT2D eigenvalue weighted by Gasteiger charge is 2.32. The number of aryl methyl sites for hydroxylation is 2. The molecule has 1 aromatic heterocycles. The molecule has 1 atom stereocenters. The number of anilines is 1. The SMILES string of the molecule is CCc1nn(C)c(C(=O)N2CCC[C@@H]2CO)c1N. The normalized spacial score (nSPS) is 19.5. The highest BCUT2D eigenvalue weighted by atomic mass is 16.3. The van der Waals surface area contributed by atoms with Crippen molar-refractivity contribution in [1.29, 1.82) is 0 Å². The van der Waals surface area contributed by atoms with E-state index in [2.05, 4.69) is 5.10 Å². The van der Waals surface area contributed by atoms with E-state index in [4.69, 9.17) is 5.73 Å². The van der Waals surface area contributed by atoms with E-state index in [9.17, 15) is 9.90 Å². The van der Waals surface area contributed by atoms with Crippen molar-refractivity contribution in [1.82, 2.24) is 14.7 Å². The van der Waals surface area contributed by atoms with E-state index in [1.165, 1.54) is 0 Å². The maximum absolute atomic E-state index is 12.5. The van der Waals surface area contributed by atoms with Crippen molar-refractivity contribution >= 4 is 11.6 Å². The number of likely N-dealkylation sites (tertiary alicyclic amines) is 1. The Balaban J connectivity index is 2.31. The lowest BCUT2D eigenvalue weighted by molar-refractivity contribution is 0.0667. The molecule has 18 heavy (non-hydrogen) atoms. The van der Waals surface area contributed by atoms with Gasteiger partial charge in [0.25, 0.3) is 5.91 Å². The van der Waals surface area contributed by atoms with Crippen molar-refractivity contribution in [2.24, 2.45) is 7.05 Å². The van der Waals surface area contributed by atoms with E-state index in [0.717, 1.165) is 18.5 Å². The molecule has 0 radical (unpaired) electrons. The Morgan fingerprint density at radius 2 is 2.33 bits per heavy atom. The Labute approximate surface area is 106 Å². The Bertz CT molecular complexity index is 455. The van der Waals surface area contributed by atoms with Crippen LogP contribution in [0.3, 0.4) is 0 Å². The van der Waals surface area contributed by atoms with Crippen LogP contribution in [0, 0.1) is 0 Å². The lowest BCUT2D eigenvalue weighted by atomic mass is 10.2. The number of rotatable bonds is 3. The Morgan fingerprint density at radius 1 is 1.61 bits per heavy atom. The zero-order chi connectivity index (χ0) is 13.3. The summed E-state index contributed by atoms with van der Waals surface area (Å²) in [6, 6.07) is -0.0862. The fourth-order valence-corrected chi connectivity index (χ4v) is 2.54. The van der Waals surface area contributed by atoms with Gasteiger partial charge >= 0.3 is 0 Å².